The summed E-state index contributed by atoms with van der Waals surface area (Å²) in [6, 6.07) is 11.6. The van der Waals surface area contributed by atoms with E-state index < -0.39 is 0 Å². The lowest BCUT2D eigenvalue weighted by Crippen LogP contribution is -2.32. The van der Waals surface area contributed by atoms with Gasteiger partial charge in [-0.2, -0.15) is 0 Å². The van der Waals surface area contributed by atoms with Gasteiger partial charge >= 0.3 is 0 Å². The summed E-state index contributed by atoms with van der Waals surface area (Å²) in [5, 5.41) is 2.87. The maximum Gasteiger partial charge on any atom is 0.252 e. The Labute approximate surface area is 168 Å². The fourth-order valence-electron chi connectivity index (χ4n) is 2.34. The molecule has 26 heavy (non-hydrogen) atoms. The predicted molar refractivity (Wildman–Crippen MR) is 113 cm³/mol. The van der Waals surface area contributed by atoms with Crippen molar-refractivity contribution in [1.82, 2.24) is 10.3 Å². The third-order valence-electron chi connectivity index (χ3n) is 3.98. The van der Waals surface area contributed by atoms with Crippen LogP contribution < -0.4 is 16.0 Å². The summed E-state index contributed by atoms with van der Waals surface area (Å²) in [5.74, 6) is 1.14. The van der Waals surface area contributed by atoms with Crippen molar-refractivity contribution in [3.05, 3.63) is 59.3 Å². The minimum Gasteiger partial charge on any atom is -0.363 e. The highest BCUT2D eigenvalue weighted by Gasteiger charge is 2.11. The van der Waals surface area contributed by atoms with Crippen molar-refractivity contribution < 1.29 is 4.79 Å². The monoisotopic (exact) mass is 398 g/mol. The molecule has 0 aliphatic rings. The van der Waals surface area contributed by atoms with E-state index in [0.29, 0.717) is 18.0 Å². The Bertz CT molecular complexity index is 673. The first-order valence-corrected chi connectivity index (χ1v) is 8.15. The number of hydrogen-bond acceptors (Lipinski definition) is 4. The number of nitrogens with one attached hydrogen (secondary N) is 1. The first-order valence-electron chi connectivity index (χ1n) is 8.15. The quantitative estimate of drug-likeness (QED) is 0.780. The van der Waals surface area contributed by atoms with E-state index in [0.717, 1.165) is 11.4 Å². The minimum absolute atomic E-state index is 0. The predicted octanol–water partition coefficient (Wildman–Crippen LogP) is 3.54. The summed E-state index contributed by atoms with van der Waals surface area (Å²) in [4.78, 5) is 18.3. The average molecular weight is 399 g/mol. The number of pyridine rings is 1. The minimum atomic E-state index is -0.232. The summed E-state index contributed by atoms with van der Waals surface area (Å²) in [6.07, 6.45) is 1.58. The molecule has 0 saturated carbocycles. The molecular weight excluding hydrogens is 371 g/mol. The molecule has 1 unspecified atom stereocenters. The lowest BCUT2D eigenvalue weighted by Gasteiger charge is -2.15. The number of anilines is 1. The van der Waals surface area contributed by atoms with Crippen LogP contribution >= 0.6 is 24.8 Å². The molecule has 0 aliphatic heterocycles. The number of halogens is 2. The Morgan fingerprint density at radius 2 is 1.65 bits per heavy atom. The zero-order valence-electron chi connectivity index (χ0n) is 15.6. The van der Waals surface area contributed by atoms with Crippen LogP contribution in [0.4, 0.5) is 5.82 Å². The largest absolute Gasteiger partial charge is 0.363 e. The number of amides is 1. The van der Waals surface area contributed by atoms with Crippen molar-refractivity contribution in [2.75, 3.05) is 25.5 Å². The van der Waals surface area contributed by atoms with Gasteiger partial charge in [-0.3, -0.25) is 4.79 Å². The number of hydrogen-bond donors (Lipinski definition) is 2. The molecule has 2 rings (SSSR count). The summed E-state index contributed by atoms with van der Waals surface area (Å²) in [5.41, 5.74) is 9.00. The molecule has 1 aromatic heterocycles. The molecule has 0 aliphatic carbocycles. The molecule has 0 bridgehead atoms. The highest BCUT2D eigenvalue weighted by molar-refractivity contribution is 5.94. The van der Waals surface area contributed by atoms with E-state index in [1.807, 2.05) is 37.2 Å². The molecule has 144 valence electrons. The fraction of sp³-hybridized carbons (Fsp3) is 0.368. The third-order valence-corrected chi connectivity index (χ3v) is 3.98. The van der Waals surface area contributed by atoms with Crippen LogP contribution in [-0.4, -0.2) is 31.5 Å². The van der Waals surface area contributed by atoms with Crippen LogP contribution in [-0.2, 0) is 0 Å². The Kier molecular flexibility index (Phi) is 10.2. The zero-order chi connectivity index (χ0) is 17.7. The van der Waals surface area contributed by atoms with Gasteiger partial charge in [0.2, 0.25) is 0 Å². The van der Waals surface area contributed by atoms with Crippen LogP contribution in [0.15, 0.2) is 42.6 Å². The van der Waals surface area contributed by atoms with E-state index in [2.05, 4.69) is 36.3 Å². The van der Waals surface area contributed by atoms with Gasteiger partial charge in [-0.1, -0.05) is 38.1 Å². The molecule has 3 N–H and O–H groups in total. The number of carbonyl (C=O) groups is 1. The summed E-state index contributed by atoms with van der Waals surface area (Å²) in [7, 11) is 3.82. The molecule has 0 spiro atoms. The Balaban J connectivity index is 0.00000312. The second kappa shape index (κ2) is 11.0. The molecule has 1 aromatic carbocycles. The van der Waals surface area contributed by atoms with Crippen LogP contribution in [0, 0.1) is 0 Å². The molecule has 1 heterocycles. The van der Waals surface area contributed by atoms with Crippen molar-refractivity contribution >= 4 is 36.5 Å². The normalized spacial score (nSPS) is 11.2. The first-order chi connectivity index (χ1) is 11.4. The maximum atomic E-state index is 12.2. The van der Waals surface area contributed by atoms with E-state index in [1.54, 1.807) is 12.3 Å². The summed E-state index contributed by atoms with van der Waals surface area (Å²) < 4.78 is 0. The van der Waals surface area contributed by atoms with Crippen LogP contribution in [0.1, 0.15) is 47.3 Å². The van der Waals surface area contributed by atoms with Crippen LogP contribution in [0.5, 0.6) is 0 Å². The van der Waals surface area contributed by atoms with Crippen LogP contribution in [0.25, 0.3) is 0 Å². The van der Waals surface area contributed by atoms with Gasteiger partial charge < -0.3 is 16.0 Å². The lowest BCUT2D eigenvalue weighted by atomic mass is 9.99. The van der Waals surface area contributed by atoms with Gasteiger partial charge in [0.15, 0.2) is 0 Å². The number of carbonyl (C=O) groups excluding carboxylic acids is 1. The third kappa shape index (κ3) is 6.48. The Morgan fingerprint density at radius 3 is 2.12 bits per heavy atom. The molecule has 7 heteroatoms. The first kappa shape index (κ1) is 24.2. The summed E-state index contributed by atoms with van der Waals surface area (Å²) in [6.45, 7) is 4.70. The molecule has 0 fully saturated rings. The highest BCUT2D eigenvalue weighted by atomic mass is 35.5. The smallest absolute Gasteiger partial charge is 0.252 e. The number of benzene rings is 1. The van der Waals surface area contributed by atoms with Crippen LogP contribution in [0.3, 0.4) is 0 Å². The van der Waals surface area contributed by atoms with E-state index in [-0.39, 0.29) is 36.8 Å². The molecular formula is C19H28Cl2N4O. The van der Waals surface area contributed by atoms with Gasteiger partial charge in [-0.25, -0.2) is 4.98 Å². The summed E-state index contributed by atoms with van der Waals surface area (Å²) >= 11 is 0. The molecule has 5 nitrogen and oxygen atoms in total. The van der Waals surface area contributed by atoms with E-state index >= 15 is 0 Å². The number of nitrogens with zero attached hydrogens (tertiary/aromatic N) is 2. The van der Waals surface area contributed by atoms with E-state index in [4.69, 9.17) is 5.73 Å². The van der Waals surface area contributed by atoms with Crippen molar-refractivity contribution in [3.8, 4) is 0 Å². The Hall–Kier alpha value is -1.82. The zero-order valence-corrected chi connectivity index (χ0v) is 17.2. The van der Waals surface area contributed by atoms with Crippen molar-refractivity contribution in [3.63, 3.8) is 0 Å². The number of nitrogens with two attached hydrogens (primary N) is 1. The second-order valence-electron chi connectivity index (χ2n) is 6.44. The number of rotatable bonds is 6. The Morgan fingerprint density at radius 1 is 1.08 bits per heavy atom. The molecule has 0 saturated heterocycles. The lowest BCUT2D eigenvalue weighted by molar-refractivity contribution is 0.0951. The molecule has 2 aromatic rings. The molecule has 1 amide bonds. The van der Waals surface area contributed by atoms with Crippen molar-refractivity contribution in [1.29, 1.82) is 0 Å². The number of aromatic nitrogens is 1. The van der Waals surface area contributed by atoms with Gasteiger partial charge in [-0.15, -0.1) is 24.8 Å². The standard InChI is InChI=1S/C19H26N4O.2ClH/c1-13(2)14-5-7-15(8-6-14)17(20)12-22-19(24)16-9-10-18(21-11-16)23(3)4;;/h5-11,13,17H,12,20H2,1-4H3,(H,22,24);2*1H. The fourth-order valence-corrected chi connectivity index (χ4v) is 2.34. The van der Waals surface area contributed by atoms with Gasteiger partial charge in [0.05, 0.1) is 5.56 Å². The topological polar surface area (TPSA) is 71.2 Å². The maximum absolute atomic E-state index is 12.2. The SMILES string of the molecule is CC(C)c1ccc(C(N)CNC(=O)c2ccc(N(C)C)nc2)cc1.Cl.Cl. The molecule has 1 atom stereocenters. The van der Waals surface area contributed by atoms with Crippen molar-refractivity contribution in [2.24, 2.45) is 5.73 Å². The highest BCUT2D eigenvalue weighted by Crippen LogP contribution is 2.17. The van der Waals surface area contributed by atoms with Gasteiger partial charge in [0, 0.05) is 32.9 Å². The van der Waals surface area contributed by atoms with Gasteiger partial charge in [0.1, 0.15) is 5.82 Å². The van der Waals surface area contributed by atoms with E-state index in [1.165, 1.54) is 5.56 Å². The van der Waals surface area contributed by atoms with E-state index in [9.17, 15) is 4.79 Å². The van der Waals surface area contributed by atoms with Crippen LogP contribution in [0.2, 0.25) is 0 Å². The van der Waals surface area contributed by atoms with Gasteiger partial charge in [0.25, 0.3) is 5.91 Å². The van der Waals surface area contributed by atoms with Gasteiger partial charge in [-0.05, 0) is 29.2 Å². The second-order valence-corrected chi connectivity index (χ2v) is 6.44. The molecule has 0 radical (unpaired) electrons. The van der Waals surface area contributed by atoms with Crippen molar-refractivity contribution in [2.45, 2.75) is 25.8 Å². The average Bonchev–Trinajstić information content (AvgIpc) is 2.59.